The maximum absolute atomic E-state index is 13.6. The first-order chi connectivity index (χ1) is 17.3. The fraction of sp³-hybridized carbons (Fsp3) is 0.333. The van der Waals surface area contributed by atoms with Gasteiger partial charge in [-0.1, -0.05) is 61.5 Å². The smallest absolute Gasteiger partial charge is 0.261 e. The van der Waals surface area contributed by atoms with Crippen molar-refractivity contribution in [2.24, 2.45) is 0 Å². The van der Waals surface area contributed by atoms with Crippen LogP contribution in [-0.2, 0) is 22.6 Å². The van der Waals surface area contributed by atoms with Gasteiger partial charge in [-0.15, -0.1) is 0 Å². The van der Waals surface area contributed by atoms with E-state index >= 15 is 0 Å². The summed E-state index contributed by atoms with van der Waals surface area (Å²) in [7, 11) is 0. The molecule has 3 rings (SSSR count). The summed E-state index contributed by atoms with van der Waals surface area (Å²) in [6.45, 7) is 7.81. The first-order valence-corrected chi connectivity index (χ1v) is 12.4. The summed E-state index contributed by atoms with van der Waals surface area (Å²) in [6, 6.07) is 20.5. The number of hydrogen-bond acceptors (Lipinski definition) is 3. The molecule has 2 atom stereocenters. The highest BCUT2D eigenvalue weighted by Gasteiger charge is 2.31. The van der Waals surface area contributed by atoms with Gasteiger partial charge in [0.1, 0.15) is 17.6 Å². The Hall–Kier alpha value is -3.67. The second-order valence-electron chi connectivity index (χ2n) is 9.16. The van der Waals surface area contributed by atoms with E-state index in [0.29, 0.717) is 12.2 Å². The Morgan fingerprint density at radius 1 is 0.944 bits per heavy atom. The van der Waals surface area contributed by atoms with Gasteiger partial charge in [-0.25, -0.2) is 4.39 Å². The lowest BCUT2D eigenvalue weighted by molar-refractivity contribution is -0.143. The van der Waals surface area contributed by atoms with Gasteiger partial charge >= 0.3 is 0 Å². The van der Waals surface area contributed by atoms with Crippen molar-refractivity contribution in [1.29, 1.82) is 0 Å². The highest BCUT2D eigenvalue weighted by Crippen LogP contribution is 2.21. The van der Waals surface area contributed by atoms with E-state index in [1.807, 2.05) is 76.2 Å². The van der Waals surface area contributed by atoms with Gasteiger partial charge in [0.25, 0.3) is 5.91 Å². The van der Waals surface area contributed by atoms with Crippen LogP contribution in [0.2, 0.25) is 0 Å². The average molecular weight is 491 g/mol. The number of ether oxygens (including phenoxy) is 1. The van der Waals surface area contributed by atoms with E-state index in [9.17, 15) is 14.0 Å². The van der Waals surface area contributed by atoms with Crippen LogP contribution in [-0.4, -0.2) is 35.4 Å². The van der Waals surface area contributed by atoms with Crippen LogP contribution in [0.1, 0.15) is 42.5 Å². The van der Waals surface area contributed by atoms with Crippen LogP contribution >= 0.6 is 0 Å². The van der Waals surface area contributed by atoms with E-state index in [2.05, 4.69) is 5.32 Å². The minimum atomic E-state index is -0.763. The highest BCUT2D eigenvalue weighted by molar-refractivity contribution is 5.88. The van der Waals surface area contributed by atoms with Crippen LogP contribution in [0.25, 0.3) is 0 Å². The van der Waals surface area contributed by atoms with Gasteiger partial charge in [-0.05, 0) is 67.6 Å². The first-order valence-electron chi connectivity index (χ1n) is 12.4. The monoisotopic (exact) mass is 490 g/mol. The molecule has 3 aromatic carbocycles. The third-order valence-corrected chi connectivity index (χ3v) is 6.44. The number of aryl methyl sites for hydroxylation is 1. The van der Waals surface area contributed by atoms with Gasteiger partial charge in [-0.3, -0.25) is 9.59 Å². The largest absolute Gasteiger partial charge is 0.483 e. The van der Waals surface area contributed by atoms with Gasteiger partial charge in [0.15, 0.2) is 6.61 Å². The molecule has 5 nitrogen and oxygen atoms in total. The molecule has 0 fully saturated rings. The van der Waals surface area contributed by atoms with E-state index < -0.39 is 6.04 Å². The third-order valence-electron chi connectivity index (χ3n) is 6.44. The molecule has 36 heavy (non-hydrogen) atoms. The molecular weight excluding hydrogens is 455 g/mol. The number of amides is 2. The molecular formula is C30H35FN2O3. The molecule has 0 unspecified atom stereocenters. The Kier molecular flexibility index (Phi) is 9.62. The second-order valence-corrected chi connectivity index (χ2v) is 9.16. The molecule has 2 amide bonds. The maximum Gasteiger partial charge on any atom is 0.261 e. The molecule has 0 aliphatic heterocycles. The number of carbonyl (C=O) groups excluding carboxylic acids is 2. The van der Waals surface area contributed by atoms with Crippen LogP contribution in [0, 0.1) is 19.7 Å². The number of carbonyl (C=O) groups is 2. The van der Waals surface area contributed by atoms with Crippen LogP contribution in [0.15, 0.2) is 72.8 Å². The number of halogens is 1. The van der Waals surface area contributed by atoms with E-state index in [-0.39, 0.29) is 36.8 Å². The van der Waals surface area contributed by atoms with E-state index in [0.717, 1.165) is 28.7 Å². The summed E-state index contributed by atoms with van der Waals surface area (Å²) in [5, 5.41) is 3.04. The third kappa shape index (κ3) is 7.41. The quantitative estimate of drug-likeness (QED) is 0.393. The molecule has 0 aliphatic rings. The lowest BCUT2D eigenvalue weighted by atomic mass is 10.0. The van der Waals surface area contributed by atoms with Crippen molar-refractivity contribution in [3.63, 3.8) is 0 Å². The van der Waals surface area contributed by atoms with Crippen LogP contribution in [0.3, 0.4) is 0 Å². The summed E-state index contributed by atoms with van der Waals surface area (Å²) in [6.07, 6.45) is 1.12. The topological polar surface area (TPSA) is 58.6 Å². The van der Waals surface area contributed by atoms with Gasteiger partial charge in [-0.2, -0.15) is 0 Å². The number of hydrogen-bond donors (Lipinski definition) is 1. The normalized spacial score (nSPS) is 12.5. The minimum Gasteiger partial charge on any atom is -0.483 e. The number of nitrogens with zero attached hydrogens (tertiary/aromatic N) is 1. The molecule has 0 radical (unpaired) electrons. The summed E-state index contributed by atoms with van der Waals surface area (Å²) in [4.78, 5) is 28.6. The Morgan fingerprint density at radius 2 is 1.64 bits per heavy atom. The highest BCUT2D eigenvalue weighted by atomic mass is 19.1. The van der Waals surface area contributed by atoms with Crippen molar-refractivity contribution in [2.45, 2.75) is 59.2 Å². The molecule has 6 heteroatoms. The van der Waals surface area contributed by atoms with Crippen LogP contribution in [0.5, 0.6) is 5.75 Å². The first kappa shape index (κ1) is 26.9. The van der Waals surface area contributed by atoms with Crippen molar-refractivity contribution in [3.05, 3.63) is 101 Å². The molecule has 0 saturated heterocycles. The molecule has 190 valence electrons. The zero-order valence-corrected chi connectivity index (χ0v) is 21.5. The van der Waals surface area contributed by atoms with Crippen molar-refractivity contribution >= 4 is 11.8 Å². The van der Waals surface area contributed by atoms with Crippen molar-refractivity contribution < 1.29 is 18.7 Å². The number of benzene rings is 3. The molecule has 0 saturated carbocycles. The Bertz CT molecular complexity index is 1150. The standard InChI is InChI=1S/C30H35FN2O3/c1-5-22(3)32-30(35)27(18-24-11-7-6-8-12-24)33(19-25-14-16-26(31)17-15-25)29(34)20-36-28-13-9-10-21(2)23(28)4/h6-17,22,27H,5,18-20H2,1-4H3,(H,32,35)/t22-,27-/m1/s1. The number of rotatable bonds is 11. The summed E-state index contributed by atoms with van der Waals surface area (Å²) in [5.41, 5.74) is 3.70. The zero-order valence-electron chi connectivity index (χ0n) is 21.5. The average Bonchev–Trinajstić information content (AvgIpc) is 2.88. The second kappa shape index (κ2) is 12.9. The summed E-state index contributed by atoms with van der Waals surface area (Å²) >= 11 is 0. The fourth-order valence-electron chi connectivity index (χ4n) is 3.88. The van der Waals surface area contributed by atoms with Crippen molar-refractivity contribution in [1.82, 2.24) is 10.2 Å². The van der Waals surface area contributed by atoms with Gasteiger partial charge in [0.2, 0.25) is 5.91 Å². The molecule has 0 aromatic heterocycles. The van der Waals surface area contributed by atoms with E-state index in [4.69, 9.17) is 4.74 Å². The zero-order chi connectivity index (χ0) is 26.1. The lowest BCUT2D eigenvalue weighted by Gasteiger charge is -2.32. The van der Waals surface area contributed by atoms with Crippen molar-refractivity contribution in [2.75, 3.05) is 6.61 Å². The molecule has 3 aromatic rings. The Morgan fingerprint density at radius 3 is 2.31 bits per heavy atom. The van der Waals surface area contributed by atoms with E-state index in [1.165, 1.54) is 12.1 Å². The molecule has 1 N–H and O–H groups in total. The fourth-order valence-corrected chi connectivity index (χ4v) is 3.88. The minimum absolute atomic E-state index is 0.0373. The Balaban J connectivity index is 1.92. The van der Waals surface area contributed by atoms with Gasteiger partial charge < -0.3 is 15.0 Å². The Labute approximate surface area is 213 Å². The summed E-state index contributed by atoms with van der Waals surface area (Å²) in [5.74, 6) is -0.269. The predicted octanol–water partition coefficient (Wildman–Crippen LogP) is 5.38. The maximum atomic E-state index is 13.6. The lowest BCUT2D eigenvalue weighted by Crippen LogP contribution is -2.53. The molecule has 0 spiro atoms. The summed E-state index contributed by atoms with van der Waals surface area (Å²) < 4.78 is 19.5. The van der Waals surface area contributed by atoms with Crippen LogP contribution in [0.4, 0.5) is 4.39 Å². The van der Waals surface area contributed by atoms with E-state index in [1.54, 1.807) is 17.0 Å². The van der Waals surface area contributed by atoms with Gasteiger partial charge in [0.05, 0.1) is 0 Å². The molecule has 0 heterocycles. The molecule has 0 aliphatic carbocycles. The SMILES string of the molecule is CC[C@@H](C)NC(=O)[C@@H](Cc1ccccc1)N(Cc1ccc(F)cc1)C(=O)COc1cccc(C)c1C. The predicted molar refractivity (Wildman–Crippen MR) is 140 cm³/mol. The molecule has 0 bridgehead atoms. The number of nitrogens with one attached hydrogen (secondary N) is 1. The van der Waals surface area contributed by atoms with Crippen molar-refractivity contribution in [3.8, 4) is 5.75 Å². The van der Waals surface area contributed by atoms with Gasteiger partial charge in [0, 0.05) is 19.0 Å². The van der Waals surface area contributed by atoms with Crippen LogP contribution < -0.4 is 10.1 Å².